The summed E-state index contributed by atoms with van der Waals surface area (Å²) in [6.45, 7) is 0.347. The highest BCUT2D eigenvalue weighted by molar-refractivity contribution is 5.77. The third kappa shape index (κ3) is 5.65. The number of alkyl halides is 3. The van der Waals surface area contributed by atoms with Crippen molar-refractivity contribution in [1.29, 1.82) is 0 Å². The molecule has 0 saturated carbocycles. The molecule has 0 aliphatic carbocycles. The molecule has 0 atom stereocenters. The van der Waals surface area contributed by atoms with Gasteiger partial charge in [-0.05, 0) is 12.1 Å². The Morgan fingerprint density at radius 2 is 1.96 bits per heavy atom. The van der Waals surface area contributed by atoms with Crippen LogP contribution in [-0.2, 0) is 11.3 Å². The van der Waals surface area contributed by atoms with Crippen molar-refractivity contribution in [1.82, 2.24) is 19.9 Å². The summed E-state index contributed by atoms with van der Waals surface area (Å²) >= 11 is 0. The second-order valence-corrected chi connectivity index (χ2v) is 5.13. The van der Waals surface area contributed by atoms with Crippen molar-refractivity contribution in [2.45, 2.75) is 12.7 Å². The van der Waals surface area contributed by atoms with Crippen LogP contribution in [0, 0.1) is 0 Å². The Morgan fingerprint density at radius 1 is 1.29 bits per heavy atom. The zero-order valence-electron chi connectivity index (χ0n) is 14.3. The van der Waals surface area contributed by atoms with Gasteiger partial charge in [0.15, 0.2) is 0 Å². The highest BCUT2D eigenvalue weighted by Crippen LogP contribution is 2.13. The van der Waals surface area contributed by atoms with Crippen molar-refractivity contribution in [2.24, 2.45) is 0 Å². The van der Waals surface area contributed by atoms with Crippen LogP contribution in [0.3, 0.4) is 0 Å². The number of carboxylic acid groups (broad SMARTS) is 1. The first-order valence-corrected chi connectivity index (χ1v) is 7.58. The Balaban J connectivity index is 0.000000345. The average molecular weight is 397 g/mol. The highest BCUT2D eigenvalue weighted by atomic mass is 19.4. The topological polar surface area (TPSA) is 130 Å². The van der Waals surface area contributed by atoms with Crippen LogP contribution in [0.1, 0.15) is 5.82 Å². The van der Waals surface area contributed by atoms with Gasteiger partial charge in [0, 0.05) is 6.07 Å². The number of para-hydroxylation sites is 1. The van der Waals surface area contributed by atoms with Gasteiger partial charge in [-0.1, -0.05) is 12.1 Å². The zero-order chi connectivity index (χ0) is 20.7. The first kappa shape index (κ1) is 20.6. The molecule has 12 heteroatoms. The summed E-state index contributed by atoms with van der Waals surface area (Å²) in [7, 11) is 1.54. The van der Waals surface area contributed by atoms with E-state index in [9.17, 15) is 18.0 Å². The van der Waals surface area contributed by atoms with Gasteiger partial charge in [-0.25, -0.2) is 19.7 Å². The summed E-state index contributed by atoms with van der Waals surface area (Å²) < 4.78 is 36.8. The van der Waals surface area contributed by atoms with Crippen LogP contribution in [0.2, 0.25) is 0 Å². The lowest BCUT2D eigenvalue weighted by Crippen LogP contribution is -2.21. The molecule has 0 bridgehead atoms. The van der Waals surface area contributed by atoms with Crippen LogP contribution in [0.25, 0.3) is 10.9 Å². The number of H-pyrrole nitrogens is 1. The van der Waals surface area contributed by atoms with Crippen molar-refractivity contribution in [3.8, 4) is 5.88 Å². The standard InChI is InChI=1S/C14H13N5O2.C2HF3O2/c1-21-13-6-11(16-8-17-13)15-7-12-18-10-5-3-2-4-9(10)14(20)19-12;3-2(4,5)1(6)7/h2-6,8H,7H2,1H3,(H,15,16,17)(H,18,19,20);(H,6,7). The van der Waals surface area contributed by atoms with E-state index in [1.54, 1.807) is 12.1 Å². The molecule has 148 valence electrons. The maximum atomic E-state index is 11.9. The first-order chi connectivity index (χ1) is 13.2. The fourth-order valence-corrected chi connectivity index (χ4v) is 1.94. The number of rotatable bonds is 4. The molecule has 3 N–H and O–H groups in total. The van der Waals surface area contributed by atoms with Gasteiger partial charge in [0.25, 0.3) is 5.56 Å². The lowest BCUT2D eigenvalue weighted by atomic mass is 10.2. The molecule has 0 fully saturated rings. The number of aliphatic carboxylic acids is 1. The molecule has 1 aromatic carbocycles. The molecule has 0 radical (unpaired) electrons. The number of nitrogens with zero attached hydrogens (tertiary/aromatic N) is 3. The van der Waals surface area contributed by atoms with Crippen molar-refractivity contribution >= 4 is 22.7 Å². The number of carboxylic acids is 1. The van der Waals surface area contributed by atoms with E-state index < -0.39 is 12.1 Å². The Hall–Kier alpha value is -3.70. The van der Waals surface area contributed by atoms with E-state index in [1.165, 1.54) is 13.4 Å². The largest absolute Gasteiger partial charge is 0.490 e. The van der Waals surface area contributed by atoms with Crippen LogP contribution in [0.5, 0.6) is 5.88 Å². The second kappa shape index (κ2) is 8.79. The van der Waals surface area contributed by atoms with Crippen LogP contribution in [-0.4, -0.2) is 44.3 Å². The molecule has 0 aliphatic rings. The predicted octanol–water partition coefficient (Wildman–Crippen LogP) is 1.97. The summed E-state index contributed by atoms with van der Waals surface area (Å²) in [4.78, 5) is 36.0. The van der Waals surface area contributed by atoms with Gasteiger partial charge in [-0.2, -0.15) is 13.2 Å². The summed E-state index contributed by atoms with van der Waals surface area (Å²) in [5, 5.41) is 10.8. The molecular formula is C16H14F3N5O4. The highest BCUT2D eigenvalue weighted by Gasteiger charge is 2.38. The number of aromatic nitrogens is 4. The quantitative estimate of drug-likeness (QED) is 0.609. The predicted molar refractivity (Wildman–Crippen MR) is 92.0 cm³/mol. The van der Waals surface area contributed by atoms with Gasteiger partial charge in [-0.15, -0.1) is 0 Å². The molecule has 0 unspecified atom stereocenters. The minimum absolute atomic E-state index is 0.155. The van der Waals surface area contributed by atoms with E-state index in [2.05, 4.69) is 25.3 Å². The third-order valence-electron chi connectivity index (χ3n) is 3.19. The van der Waals surface area contributed by atoms with Crippen LogP contribution in [0.4, 0.5) is 19.0 Å². The Labute approximate surface area is 155 Å². The number of halogens is 3. The number of fused-ring (bicyclic) bond motifs is 1. The fraction of sp³-hybridized carbons (Fsp3) is 0.188. The number of nitrogens with one attached hydrogen (secondary N) is 2. The lowest BCUT2D eigenvalue weighted by molar-refractivity contribution is -0.192. The van der Waals surface area contributed by atoms with Crippen molar-refractivity contribution in [3.63, 3.8) is 0 Å². The van der Waals surface area contributed by atoms with Crippen LogP contribution < -0.4 is 15.6 Å². The number of hydrogen-bond acceptors (Lipinski definition) is 7. The monoisotopic (exact) mass is 397 g/mol. The van der Waals surface area contributed by atoms with E-state index in [0.717, 1.165) is 0 Å². The molecule has 0 spiro atoms. The Kier molecular flexibility index (Phi) is 6.47. The number of hydrogen-bond donors (Lipinski definition) is 3. The SMILES string of the molecule is COc1cc(NCc2nc3ccccc3c(=O)[nH]2)ncn1.O=C(O)C(F)(F)F. The average Bonchev–Trinajstić information content (AvgIpc) is 2.66. The number of benzene rings is 1. The van der Waals surface area contributed by atoms with Gasteiger partial charge in [0.1, 0.15) is 18.0 Å². The minimum atomic E-state index is -5.08. The number of anilines is 1. The third-order valence-corrected chi connectivity index (χ3v) is 3.19. The van der Waals surface area contributed by atoms with Crippen molar-refractivity contribution < 1.29 is 27.8 Å². The summed E-state index contributed by atoms with van der Waals surface area (Å²) in [6.07, 6.45) is -3.68. The summed E-state index contributed by atoms with van der Waals surface area (Å²) in [5.41, 5.74) is 0.510. The van der Waals surface area contributed by atoms with Crippen LogP contribution in [0.15, 0.2) is 41.5 Å². The Morgan fingerprint density at radius 3 is 2.61 bits per heavy atom. The van der Waals surface area contributed by atoms with E-state index in [0.29, 0.717) is 35.0 Å². The smallest absolute Gasteiger partial charge is 0.481 e. The number of ether oxygens (including phenoxy) is 1. The molecule has 3 aromatic rings. The van der Waals surface area contributed by atoms with E-state index >= 15 is 0 Å². The van der Waals surface area contributed by atoms with Gasteiger partial charge >= 0.3 is 12.1 Å². The van der Waals surface area contributed by atoms with Crippen LogP contribution >= 0.6 is 0 Å². The normalized spacial score (nSPS) is 10.7. The zero-order valence-corrected chi connectivity index (χ0v) is 14.3. The molecule has 3 rings (SSSR count). The molecule has 0 amide bonds. The maximum Gasteiger partial charge on any atom is 0.490 e. The number of aromatic amines is 1. The fourth-order valence-electron chi connectivity index (χ4n) is 1.94. The van der Waals surface area contributed by atoms with E-state index in [4.69, 9.17) is 14.6 Å². The maximum absolute atomic E-state index is 11.9. The molecule has 28 heavy (non-hydrogen) atoms. The summed E-state index contributed by atoms with van der Waals surface area (Å²) in [6, 6.07) is 8.88. The molecule has 9 nitrogen and oxygen atoms in total. The van der Waals surface area contributed by atoms with E-state index in [-0.39, 0.29) is 5.56 Å². The molecule has 0 saturated heterocycles. The van der Waals surface area contributed by atoms with E-state index in [1.807, 2.05) is 18.2 Å². The van der Waals surface area contributed by atoms with Gasteiger partial charge in [0.05, 0.1) is 24.6 Å². The minimum Gasteiger partial charge on any atom is -0.481 e. The molecular weight excluding hydrogens is 383 g/mol. The number of methoxy groups -OCH3 is 1. The summed E-state index contributed by atoms with van der Waals surface area (Å²) in [5.74, 6) is -1.16. The second-order valence-electron chi connectivity index (χ2n) is 5.13. The number of carbonyl (C=O) groups is 1. The van der Waals surface area contributed by atoms with Crippen molar-refractivity contribution in [3.05, 3.63) is 52.8 Å². The molecule has 0 aliphatic heterocycles. The van der Waals surface area contributed by atoms with Gasteiger partial charge in [-0.3, -0.25) is 4.79 Å². The molecule has 2 heterocycles. The Bertz CT molecular complexity index is 1020. The lowest BCUT2D eigenvalue weighted by Gasteiger charge is -2.06. The van der Waals surface area contributed by atoms with Gasteiger partial charge < -0.3 is 20.1 Å². The van der Waals surface area contributed by atoms with Crippen molar-refractivity contribution in [2.75, 3.05) is 12.4 Å². The first-order valence-electron chi connectivity index (χ1n) is 7.58. The van der Waals surface area contributed by atoms with Gasteiger partial charge in [0.2, 0.25) is 5.88 Å². The molecule has 2 aromatic heterocycles.